The van der Waals surface area contributed by atoms with Crippen LogP contribution in [0.25, 0.3) is 0 Å². The van der Waals surface area contributed by atoms with Gasteiger partial charge in [0.15, 0.2) is 0 Å². The molecular formula is C13H22N2S. The summed E-state index contributed by atoms with van der Waals surface area (Å²) in [4.78, 5) is 4.47. The van der Waals surface area contributed by atoms with Crippen LogP contribution in [0, 0.1) is 18.3 Å². The Morgan fingerprint density at radius 2 is 2.25 bits per heavy atom. The fraction of sp³-hybridized carbons (Fsp3) is 0.769. The number of hydrogen-bond acceptors (Lipinski definition) is 3. The molecule has 1 saturated carbocycles. The summed E-state index contributed by atoms with van der Waals surface area (Å²) in [6.07, 6.45) is 4.19. The van der Waals surface area contributed by atoms with Gasteiger partial charge in [0.25, 0.3) is 0 Å². The zero-order valence-corrected chi connectivity index (χ0v) is 11.4. The second kappa shape index (κ2) is 4.84. The van der Waals surface area contributed by atoms with Gasteiger partial charge in [-0.05, 0) is 37.5 Å². The molecule has 90 valence electrons. The molecule has 0 aliphatic heterocycles. The van der Waals surface area contributed by atoms with Gasteiger partial charge in [-0.15, -0.1) is 11.3 Å². The Morgan fingerprint density at radius 3 is 2.75 bits per heavy atom. The van der Waals surface area contributed by atoms with Crippen LogP contribution in [-0.4, -0.2) is 11.5 Å². The maximum absolute atomic E-state index is 4.47. The molecule has 1 heterocycles. The normalized spacial score (nSPS) is 18.0. The largest absolute Gasteiger partial charge is 0.311 e. The van der Waals surface area contributed by atoms with Crippen molar-refractivity contribution in [3.8, 4) is 0 Å². The van der Waals surface area contributed by atoms with Crippen LogP contribution in [0.4, 0.5) is 0 Å². The van der Waals surface area contributed by atoms with Gasteiger partial charge < -0.3 is 5.32 Å². The third-order valence-corrected chi connectivity index (χ3v) is 4.09. The molecule has 0 atom stereocenters. The first-order chi connectivity index (χ1) is 7.60. The van der Waals surface area contributed by atoms with E-state index in [1.54, 1.807) is 11.3 Å². The maximum Gasteiger partial charge on any atom is 0.0897 e. The lowest BCUT2D eigenvalue weighted by Gasteiger charge is -2.17. The summed E-state index contributed by atoms with van der Waals surface area (Å²) in [5.41, 5.74) is 1.82. The highest BCUT2D eigenvalue weighted by Gasteiger charge is 2.42. The van der Waals surface area contributed by atoms with Crippen molar-refractivity contribution in [3.63, 3.8) is 0 Å². The van der Waals surface area contributed by atoms with Crippen LogP contribution >= 0.6 is 11.3 Å². The molecule has 0 spiro atoms. The van der Waals surface area contributed by atoms with Crippen molar-refractivity contribution in [2.24, 2.45) is 11.3 Å². The monoisotopic (exact) mass is 238 g/mol. The SMILES string of the molecule is Cc1nc(CNCC2(CC(C)C)CC2)cs1. The summed E-state index contributed by atoms with van der Waals surface area (Å²) in [7, 11) is 0. The van der Waals surface area contributed by atoms with Crippen LogP contribution in [-0.2, 0) is 6.54 Å². The number of hydrogen-bond donors (Lipinski definition) is 1. The molecule has 1 aromatic heterocycles. The van der Waals surface area contributed by atoms with E-state index in [0.717, 1.165) is 12.5 Å². The lowest BCUT2D eigenvalue weighted by Crippen LogP contribution is -2.24. The second-order valence-corrected chi connectivity index (χ2v) is 6.62. The standard InChI is InChI=1S/C13H22N2S/c1-10(2)6-13(4-5-13)9-14-7-12-8-16-11(3)15-12/h8,10,14H,4-7,9H2,1-3H3. The van der Waals surface area contributed by atoms with E-state index in [9.17, 15) is 0 Å². The minimum absolute atomic E-state index is 0.624. The van der Waals surface area contributed by atoms with Crippen LogP contribution in [0.15, 0.2) is 5.38 Å². The van der Waals surface area contributed by atoms with Gasteiger partial charge in [-0.2, -0.15) is 0 Å². The van der Waals surface area contributed by atoms with Gasteiger partial charge in [0.1, 0.15) is 0 Å². The van der Waals surface area contributed by atoms with Crippen molar-refractivity contribution in [2.45, 2.75) is 46.6 Å². The zero-order chi connectivity index (χ0) is 11.6. The van der Waals surface area contributed by atoms with Crippen molar-refractivity contribution >= 4 is 11.3 Å². The van der Waals surface area contributed by atoms with Gasteiger partial charge >= 0.3 is 0 Å². The number of aromatic nitrogens is 1. The van der Waals surface area contributed by atoms with Crippen LogP contribution in [0.1, 0.15) is 43.8 Å². The average molecular weight is 238 g/mol. The molecule has 1 aliphatic rings. The van der Waals surface area contributed by atoms with Crippen LogP contribution in [0.5, 0.6) is 0 Å². The Morgan fingerprint density at radius 1 is 1.50 bits per heavy atom. The molecule has 0 radical (unpaired) electrons. The van der Waals surface area contributed by atoms with E-state index in [1.165, 1.54) is 36.5 Å². The summed E-state index contributed by atoms with van der Waals surface area (Å²) in [5.74, 6) is 0.825. The highest BCUT2D eigenvalue weighted by Crippen LogP contribution is 2.50. The van der Waals surface area contributed by atoms with Gasteiger partial charge in [0, 0.05) is 18.5 Å². The quantitative estimate of drug-likeness (QED) is 0.822. The van der Waals surface area contributed by atoms with Gasteiger partial charge in [-0.25, -0.2) is 4.98 Å². The minimum Gasteiger partial charge on any atom is -0.311 e. The van der Waals surface area contributed by atoms with Gasteiger partial charge in [-0.3, -0.25) is 0 Å². The summed E-state index contributed by atoms with van der Waals surface area (Å²) >= 11 is 1.74. The lowest BCUT2D eigenvalue weighted by atomic mass is 9.94. The predicted octanol–water partition coefficient (Wildman–Crippen LogP) is 3.37. The third-order valence-electron chi connectivity index (χ3n) is 3.27. The molecule has 1 aliphatic carbocycles. The smallest absolute Gasteiger partial charge is 0.0897 e. The molecule has 16 heavy (non-hydrogen) atoms. The fourth-order valence-electron chi connectivity index (χ4n) is 2.44. The first-order valence-corrected chi connectivity index (χ1v) is 7.09. The third kappa shape index (κ3) is 3.29. The Bertz CT molecular complexity index is 339. The number of nitrogens with one attached hydrogen (secondary N) is 1. The maximum atomic E-state index is 4.47. The van der Waals surface area contributed by atoms with E-state index in [4.69, 9.17) is 0 Å². The van der Waals surface area contributed by atoms with Crippen molar-refractivity contribution in [1.82, 2.24) is 10.3 Å². The second-order valence-electron chi connectivity index (χ2n) is 5.56. The molecule has 2 nitrogen and oxygen atoms in total. The molecule has 1 fully saturated rings. The molecule has 1 aromatic rings. The summed E-state index contributed by atoms with van der Waals surface area (Å²) in [6.45, 7) is 8.81. The number of thiazole rings is 1. The Kier molecular flexibility index (Phi) is 3.65. The molecule has 1 N–H and O–H groups in total. The van der Waals surface area contributed by atoms with E-state index >= 15 is 0 Å². The van der Waals surface area contributed by atoms with Crippen molar-refractivity contribution in [2.75, 3.05) is 6.54 Å². The first-order valence-electron chi connectivity index (χ1n) is 6.21. The zero-order valence-electron chi connectivity index (χ0n) is 10.5. The topological polar surface area (TPSA) is 24.9 Å². The summed E-state index contributed by atoms with van der Waals surface area (Å²) < 4.78 is 0. The Labute approximate surface area is 102 Å². The highest BCUT2D eigenvalue weighted by atomic mass is 32.1. The molecule has 0 unspecified atom stereocenters. The van der Waals surface area contributed by atoms with E-state index in [2.05, 4.69) is 36.5 Å². The summed E-state index contributed by atoms with van der Waals surface area (Å²) in [5, 5.41) is 6.89. The number of aryl methyl sites for hydroxylation is 1. The van der Waals surface area contributed by atoms with E-state index in [1.807, 2.05) is 0 Å². The van der Waals surface area contributed by atoms with Crippen LogP contribution < -0.4 is 5.32 Å². The molecular weight excluding hydrogens is 216 g/mol. The van der Waals surface area contributed by atoms with Gasteiger partial charge in [0.05, 0.1) is 10.7 Å². The van der Waals surface area contributed by atoms with Crippen molar-refractivity contribution in [1.29, 1.82) is 0 Å². The van der Waals surface area contributed by atoms with E-state index in [0.29, 0.717) is 5.41 Å². The van der Waals surface area contributed by atoms with Crippen molar-refractivity contribution in [3.05, 3.63) is 16.1 Å². The van der Waals surface area contributed by atoms with Crippen LogP contribution in [0.2, 0.25) is 0 Å². The van der Waals surface area contributed by atoms with E-state index in [-0.39, 0.29) is 0 Å². The van der Waals surface area contributed by atoms with Gasteiger partial charge in [0.2, 0.25) is 0 Å². The lowest BCUT2D eigenvalue weighted by molar-refractivity contribution is 0.366. The Balaban J connectivity index is 1.72. The molecule has 0 aromatic carbocycles. The number of nitrogens with zero attached hydrogens (tertiary/aromatic N) is 1. The predicted molar refractivity (Wildman–Crippen MR) is 69.7 cm³/mol. The van der Waals surface area contributed by atoms with Crippen LogP contribution in [0.3, 0.4) is 0 Å². The molecule has 0 saturated heterocycles. The average Bonchev–Trinajstić information content (AvgIpc) is 2.80. The molecule has 3 heteroatoms. The minimum atomic E-state index is 0.624. The van der Waals surface area contributed by atoms with Gasteiger partial charge in [-0.1, -0.05) is 13.8 Å². The molecule has 0 amide bonds. The molecule has 2 rings (SSSR count). The van der Waals surface area contributed by atoms with Crippen molar-refractivity contribution < 1.29 is 0 Å². The summed E-state index contributed by atoms with van der Waals surface area (Å²) in [6, 6.07) is 0. The number of rotatable bonds is 6. The molecule has 0 bridgehead atoms. The Hall–Kier alpha value is -0.410. The first kappa shape index (κ1) is 12.1. The fourth-order valence-corrected chi connectivity index (χ4v) is 3.05. The highest BCUT2D eigenvalue weighted by molar-refractivity contribution is 7.09. The van der Waals surface area contributed by atoms with E-state index < -0.39 is 0 Å².